The van der Waals surface area contributed by atoms with Gasteiger partial charge in [0, 0.05) is 11.4 Å². The standard InChI is InChI=1S/C25H21FN4O/c1-15-7-13-19(14-8-15)28-24(31)22-16(2)27-25-29-20-5-3-4-6-21(20)30(25)23(22)17-9-11-18(26)12-10-17/h3-14,23H,1-2H3,(H,27,29)(H,28,31)/t23-/m0/s1. The number of nitrogens with zero attached hydrogens (tertiary/aromatic N) is 2. The van der Waals surface area contributed by atoms with Gasteiger partial charge in [-0.2, -0.15) is 0 Å². The number of carbonyl (C=O) groups excluding carboxylic acids is 1. The lowest BCUT2D eigenvalue weighted by Gasteiger charge is -2.30. The first-order valence-corrected chi connectivity index (χ1v) is 10.1. The highest BCUT2D eigenvalue weighted by Crippen LogP contribution is 2.39. The molecular weight excluding hydrogens is 391 g/mol. The molecule has 0 fully saturated rings. The number of hydrogen-bond acceptors (Lipinski definition) is 3. The van der Waals surface area contributed by atoms with E-state index in [0.29, 0.717) is 17.2 Å². The minimum absolute atomic E-state index is 0.216. The Kier molecular flexibility index (Phi) is 4.55. The van der Waals surface area contributed by atoms with Gasteiger partial charge in [0.25, 0.3) is 5.91 Å². The van der Waals surface area contributed by atoms with Crippen LogP contribution < -0.4 is 10.6 Å². The topological polar surface area (TPSA) is 59.0 Å². The van der Waals surface area contributed by atoms with Crippen molar-refractivity contribution in [2.45, 2.75) is 19.9 Å². The van der Waals surface area contributed by atoms with Gasteiger partial charge in [-0.25, -0.2) is 9.37 Å². The van der Waals surface area contributed by atoms with E-state index < -0.39 is 6.04 Å². The maximum absolute atomic E-state index is 13.7. The number of nitrogens with one attached hydrogen (secondary N) is 2. The minimum Gasteiger partial charge on any atom is -0.329 e. The van der Waals surface area contributed by atoms with E-state index >= 15 is 0 Å². The molecule has 5 nitrogen and oxygen atoms in total. The number of rotatable bonds is 3. The second-order valence-corrected chi connectivity index (χ2v) is 7.73. The van der Waals surface area contributed by atoms with Gasteiger partial charge in [-0.05, 0) is 55.8 Å². The van der Waals surface area contributed by atoms with Crippen molar-refractivity contribution in [3.63, 3.8) is 0 Å². The van der Waals surface area contributed by atoms with E-state index in [1.807, 2.05) is 66.9 Å². The molecule has 5 rings (SSSR count). The van der Waals surface area contributed by atoms with Gasteiger partial charge in [-0.1, -0.05) is 42.0 Å². The predicted molar refractivity (Wildman–Crippen MR) is 120 cm³/mol. The summed E-state index contributed by atoms with van der Waals surface area (Å²) in [7, 11) is 0. The van der Waals surface area contributed by atoms with Crippen LogP contribution in [-0.4, -0.2) is 15.5 Å². The van der Waals surface area contributed by atoms with Gasteiger partial charge >= 0.3 is 0 Å². The van der Waals surface area contributed by atoms with Gasteiger partial charge in [0.05, 0.1) is 22.6 Å². The third kappa shape index (κ3) is 3.36. The van der Waals surface area contributed by atoms with Crippen LogP contribution in [-0.2, 0) is 4.79 Å². The Morgan fingerprint density at radius 1 is 1.00 bits per heavy atom. The molecule has 0 aliphatic carbocycles. The summed E-state index contributed by atoms with van der Waals surface area (Å²) in [6.07, 6.45) is 0. The van der Waals surface area contributed by atoms with Crippen LogP contribution in [0.1, 0.15) is 24.1 Å². The number of benzene rings is 3. The fraction of sp³-hybridized carbons (Fsp3) is 0.120. The molecule has 0 unspecified atom stereocenters. The number of hydrogen-bond donors (Lipinski definition) is 2. The Hall–Kier alpha value is -3.93. The molecule has 154 valence electrons. The quantitative estimate of drug-likeness (QED) is 0.473. The van der Waals surface area contributed by atoms with Crippen molar-refractivity contribution >= 4 is 28.6 Å². The number of halogens is 1. The van der Waals surface area contributed by atoms with Crippen LogP contribution in [0.3, 0.4) is 0 Å². The Morgan fingerprint density at radius 2 is 1.71 bits per heavy atom. The van der Waals surface area contributed by atoms with Crippen molar-refractivity contribution in [1.29, 1.82) is 0 Å². The highest BCUT2D eigenvalue weighted by Gasteiger charge is 2.34. The van der Waals surface area contributed by atoms with Crippen LogP contribution in [0, 0.1) is 12.7 Å². The maximum atomic E-state index is 13.7. The average molecular weight is 412 g/mol. The van der Waals surface area contributed by atoms with Crippen LogP contribution in [0.4, 0.5) is 16.0 Å². The van der Waals surface area contributed by atoms with Gasteiger partial charge < -0.3 is 10.6 Å². The Balaban J connectivity index is 1.65. The van der Waals surface area contributed by atoms with Crippen molar-refractivity contribution < 1.29 is 9.18 Å². The van der Waals surface area contributed by atoms with E-state index in [-0.39, 0.29) is 11.7 Å². The number of para-hydroxylation sites is 2. The number of allylic oxidation sites excluding steroid dienone is 1. The van der Waals surface area contributed by atoms with Crippen molar-refractivity contribution in [3.8, 4) is 0 Å². The summed E-state index contributed by atoms with van der Waals surface area (Å²) in [6, 6.07) is 21.3. The molecule has 1 aromatic heterocycles. The largest absolute Gasteiger partial charge is 0.329 e. The number of fused-ring (bicyclic) bond motifs is 3. The molecule has 0 spiro atoms. The Labute approximate surface area is 179 Å². The highest BCUT2D eigenvalue weighted by atomic mass is 19.1. The molecule has 2 heterocycles. The smallest absolute Gasteiger partial charge is 0.255 e. The zero-order valence-corrected chi connectivity index (χ0v) is 17.2. The summed E-state index contributed by atoms with van der Waals surface area (Å²) in [5, 5.41) is 6.29. The van der Waals surface area contributed by atoms with Gasteiger partial charge in [0.1, 0.15) is 5.82 Å². The number of anilines is 2. The Morgan fingerprint density at radius 3 is 2.45 bits per heavy atom. The summed E-state index contributed by atoms with van der Waals surface area (Å²) in [4.78, 5) is 18.2. The third-order valence-electron chi connectivity index (χ3n) is 5.57. The molecule has 1 aliphatic rings. The van der Waals surface area contributed by atoms with Gasteiger partial charge in [-0.15, -0.1) is 0 Å². The monoisotopic (exact) mass is 412 g/mol. The van der Waals surface area contributed by atoms with Crippen LogP contribution in [0.5, 0.6) is 0 Å². The van der Waals surface area contributed by atoms with Crippen molar-refractivity contribution in [1.82, 2.24) is 9.55 Å². The summed E-state index contributed by atoms with van der Waals surface area (Å²) in [5.41, 5.74) is 5.63. The van der Waals surface area contributed by atoms with Crippen LogP contribution in [0.25, 0.3) is 11.0 Å². The lowest BCUT2D eigenvalue weighted by Crippen LogP contribution is -2.30. The van der Waals surface area contributed by atoms with E-state index in [1.54, 1.807) is 12.1 Å². The normalized spacial score (nSPS) is 15.5. The van der Waals surface area contributed by atoms with E-state index in [9.17, 15) is 9.18 Å². The first-order valence-electron chi connectivity index (χ1n) is 10.1. The predicted octanol–water partition coefficient (Wildman–Crippen LogP) is 5.41. The average Bonchev–Trinajstić information content (AvgIpc) is 3.13. The van der Waals surface area contributed by atoms with E-state index in [0.717, 1.165) is 27.8 Å². The second-order valence-electron chi connectivity index (χ2n) is 7.73. The summed E-state index contributed by atoms with van der Waals surface area (Å²) in [6.45, 7) is 3.86. The molecule has 6 heteroatoms. The summed E-state index contributed by atoms with van der Waals surface area (Å²) in [5.74, 6) is 0.117. The molecule has 0 bridgehead atoms. The van der Waals surface area contributed by atoms with Gasteiger partial charge in [-0.3, -0.25) is 9.36 Å². The lowest BCUT2D eigenvalue weighted by atomic mass is 9.94. The molecule has 2 N–H and O–H groups in total. The SMILES string of the molecule is CC1=C(C(=O)Nc2ccc(C)cc2)[C@H](c2ccc(F)cc2)n2c(nc3ccccc32)N1. The zero-order chi connectivity index (χ0) is 21.5. The molecule has 0 radical (unpaired) electrons. The van der Waals surface area contributed by atoms with E-state index in [1.165, 1.54) is 12.1 Å². The van der Waals surface area contributed by atoms with Crippen LogP contribution >= 0.6 is 0 Å². The van der Waals surface area contributed by atoms with Crippen LogP contribution in [0.15, 0.2) is 84.1 Å². The van der Waals surface area contributed by atoms with Crippen LogP contribution in [0.2, 0.25) is 0 Å². The van der Waals surface area contributed by atoms with Crippen molar-refractivity contribution in [2.75, 3.05) is 10.6 Å². The summed E-state index contributed by atoms with van der Waals surface area (Å²) >= 11 is 0. The Bertz CT molecular complexity index is 1320. The minimum atomic E-state index is -0.449. The maximum Gasteiger partial charge on any atom is 0.255 e. The number of amides is 1. The molecule has 1 atom stereocenters. The molecular formula is C25H21FN4O. The third-order valence-corrected chi connectivity index (χ3v) is 5.57. The fourth-order valence-corrected chi connectivity index (χ4v) is 4.05. The zero-order valence-electron chi connectivity index (χ0n) is 17.2. The first-order chi connectivity index (χ1) is 15.0. The molecule has 1 aliphatic heterocycles. The number of aromatic nitrogens is 2. The van der Waals surface area contributed by atoms with Gasteiger partial charge in [0.2, 0.25) is 5.95 Å². The molecule has 31 heavy (non-hydrogen) atoms. The molecule has 1 amide bonds. The van der Waals surface area contributed by atoms with Crippen molar-refractivity contribution in [3.05, 3.63) is 101 Å². The van der Waals surface area contributed by atoms with E-state index in [4.69, 9.17) is 4.98 Å². The fourth-order valence-electron chi connectivity index (χ4n) is 4.05. The molecule has 0 saturated carbocycles. The summed E-state index contributed by atoms with van der Waals surface area (Å²) < 4.78 is 15.7. The van der Waals surface area contributed by atoms with Crippen molar-refractivity contribution in [2.24, 2.45) is 0 Å². The molecule has 0 saturated heterocycles. The second kappa shape index (κ2) is 7.40. The lowest BCUT2D eigenvalue weighted by molar-refractivity contribution is -0.113. The highest BCUT2D eigenvalue weighted by molar-refractivity contribution is 6.06. The number of carbonyl (C=O) groups is 1. The molecule has 3 aromatic carbocycles. The molecule has 4 aromatic rings. The first kappa shape index (κ1) is 19.1. The van der Waals surface area contributed by atoms with E-state index in [2.05, 4.69) is 10.6 Å². The number of aryl methyl sites for hydroxylation is 1. The van der Waals surface area contributed by atoms with Gasteiger partial charge in [0.15, 0.2) is 0 Å². The number of imidazole rings is 1.